The van der Waals surface area contributed by atoms with Crippen LogP contribution in [0.2, 0.25) is 0 Å². The molecule has 7 nitrogen and oxygen atoms in total. The van der Waals surface area contributed by atoms with Gasteiger partial charge in [0.2, 0.25) is 11.5 Å². The smallest absolute Gasteiger partial charge is 0.204 e. The van der Waals surface area contributed by atoms with Crippen molar-refractivity contribution in [2.45, 2.75) is 19.1 Å². The van der Waals surface area contributed by atoms with Gasteiger partial charge in [-0.15, -0.1) is 0 Å². The molecule has 0 radical (unpaired) electrons. The lowest BCUT2D eigenvalue weighted by Crippen LogP contribution is -2.31. The van der Waals surface area contributed by atoms with Crippen LogP contribution in [0.1, 0.15) is 24.2 Å². The Kier molecular flexibility index (Phi) is 6.16. The van der Waals surface area contributed by atoms with E-state index in [1.54, 1.807) is 46.6 Å². The lowest BCUT2D eigenvalue weighted by Gasteiger charge is -2.33. The minimum atomic E-state index is -0.425. The van der Waals surface area contributed by atoms with Crippen LogP contribution in [0.15, 0.2) is 30.3 Å². The Bertz CT molecular complexity index is 895. The van der Waals surface area contributed by atoms with Gasteiger partial charge in [-0.3, -0.25) is 4.79 Å². The summed E-state index contributed by atoms with van der Waals surface area (Å²) in [6.07, 6.45) is 3.06. The van der Waals surface area contributed by atoms with Crippen LogP contribution in [-0.4, -0.2) is 40.8 Å². The van der Waals surface area contributed by atoms with Gasteiger partial charge in [0.1, 0.15) is 12.4 Å². The highest BCUT2D eigenvalue weighted by Crippen LogP contribution is 2.48. The number of rotatable bonds is 7. The minimum absolute atomic E-state index is 0.310. The highest BCUT2D eigenvalue weighted by molar-refractivity contribution is 5.75. The maximum absolute atomic E-state index is 10.7. The maximum atomic E-state index is 10.7. The standard InChI is InChI=1S/C22H24O7/c1-13-20(15-11-17(25-3)21(27-5)18(12-15)26-4)29-19-10-14(7-6-8-23)9-16(24-2)22(19)28-13/h6-13,20H,1-5H3/t13-,20+/m0/s1. The van der Waals surface area contributed by atoms with E-state index in [9.17, 15) is 4.79 Å². The van der Waals surface area contributed by atoms with Crippen LogP contribution in [-0.2, 0) is 4.79 Å². The van der Waals surface area contributed by atoms with Crippen molar-refractivity contribution in [2.24, 2.45) is 0 Å². The first-order valence-electron chi connectivity index (χ1n) is 9.03. The van der Waals surface area contributed by atoms with E-state index in [1.165, 1.54) is 6.08 Å². The highest BCUT2D eigenvalue weighted by Gasteiger charge is 2.33. The number of hydrogen-bond donors (Lipinski definition) is 0. The zero-order valence-electron chi connectivity index (χ0n) is 17.1. The summed E-state index contributed by atoms with van der Waals surface area (Å²) in [4.78, 5) is 10.7. The summed E-state index contributed by atoms with van der Waals surface area (Å²) in [6.45, 7) is 1.91. The molecule has 0 fully saturated rings. The third kappa shape index (κ3) is 3.94. The van der Waals surface area contributed by atoms with Gasteiger partial charge in [0.25, 0.3) is 0 Å². The molecule has 0 spiro atoms. The molecule has 0 aromatic heterocycles. The fourth-order valence-electron chi connectivity index (χ4n) is 3.28. The quantitative estimate of drug-likeness (QED) is 0.517. The van der Waals surface area contributed by atoms with Gasteiger partial charge >= 0.3 is 0 Å². The van der Waals surface area contributed by atoms with E-state index < -0.39 is 6.10 Å². The Morgan fingerprint density at radius 3 is 2.07 bits per heavy atom. The van der Waals surface area contributed by atoms with Crippen molar-refractivity contribution in [3.63, 3.8) is 0 Å². The van der Waals surface area contributed by atoms with E-state index in [2.05, 4.69) is 0 Å². The molecule has 154 valence electrons. The second-order valence-corrected chi connectivity index (χ2v) is 6.37. The van der Waals surface area contributed by atoms with E-state index in [0.29, 0.717) is 40.8 Å². The summed E-state index contributed by atoms with van der Waals surface area (Å²) >= 11 is 0. The number of methoxy groups -OCH3 is 4. The summed E-state index contributed by atoms with van der Waals surface area (Å²) in [5.74, 6) is 3.14. The normalized spacial score (nSPS) is 17.7. The SMILES string of the molecule is COc1cc([C@@H]2Oc3cc(C=CC=O)cc(OC)c3O[C@H]2C)cc(OC)c1OC. The van der Waals surface area contributed by atoms with Crippen molar-refractivity contribution < 1.29 is 33.2 Å². The highest BCUT2D eigenvalue weighted by atomic mass is 16.6. The number of allylic oxidation sites excluding steroid dienone is 1. The second kappa shape index (κ2) is 8.77. The van der Waals surface area contributed by atoms with Gasteiger partial charge in [-0.05, 0) is 42.8 Å². The molecule has 0 bridgehead atoms. The molecule has 0 saturated carbocycles. The zero-order valence-corrected chi connectivity index (χ0v) is 17.1. The molecule has 1 aliphatic heterocycles. The van der Waals surface area contributed by atoms with Gasteiger partial charge in [-0.2, -0.15) is 0 Å². The molecular weight excluding hydrogens is 376 g/mol. The van der Waals surface area contributed by atoms with Crippen molar-refractivity contribution in [1.29, 1.82) is 0 Å². The lowest BCUT2D eigenvalue weighted by molar-refractivity contribution is -0.104. The van der Waals surface area contributed by atoms with Crippen LogP contribution in [0.4, 0.5) is 0 Å². The van der Waals surface area contributed by atoms with Crippen LogP contribution in [0.25, 0.3) is 6.08 Å². The molecule has 29 heavy (non-hydrogen) atoms. The van der Waals surface area contributed by atoms with Gasteiger partial charge in [0, 0.05) is 5.56 Å². The van der Waals surface area contributed by atoms with Crippen molar-refractivity contribution in [3.8, 4) is 34.5 Å². The summed E-state index contributed by atoms with van der Waals surface area (Å²) in [5.41, 5.74) is 1.57. The van der Waals surface area contributed by atoms with Crippen LogP contribution >= 0.6 is 0 Å². The van der Waals surface area contributed by atoms with Crippen LogP contribution in [0, 0.1) is 0 Å². The molecule has 1 aliphatic rings. The monoisotopic (exact) mass is 400 g/mol. The van der Waals surface area contributed by atoms with E-state index in [1.807, 2.05) is 19.1 Å². The summed E-state index contributed by atoms with van der Waals surface area (Å²) in [5, 5.41) is 0. The Labute approximate surface area is 169 Å². The Morgan fingerprint density at radius 1 is 0.862 bits per heavy atom. The largest absolute Gasteiger partial charge is 0.493 e. The van der Waals surface area contributed by atoms with Gasteiger partial charge in [-0.1, -0.05) is 6.08 Å². The number of hydrogen-bond acceptors (Lipinski definition) is 7. The molecule has 0 N–H and O–H groups in total. The summed E-state index contributed by atoms with van der Waals surface area (Å²) in [6, 6.07) is 7.26. The van der Waals surface area contributed by atoms with Crippen molar-refractivity contribution in [3.05, 3.63) is 41.5 Å². The van der Waals surface area contributed by atoms with E-state index in [4.69, 9.17) is 28.4 Å². The first-order valence-corrected chi connectivity index (χ1v) is 9.03. The number of fused-ring (bicyclic) bond motifs is 1. The van der Waals surface area contributed by atoms with Gasteiger partial charge in [0.15, 0.2) is 29.1 Å². The fourth-order valence-corrected chi connectivity index (χ4v) is 3.28. The van der Waals surface area contributed by atoms with E-state index >= 15 is 0 Å². The lowest BCUT2D eigenvalue weighted by atomic mass is 10.0. The molecule has 2 aromatic carbocycles. The Morgan fingerprint density at radius 2 is 1.52 bits per heavy atom. The molecule has 3 rings (SSSR count). The van der Waals surface area contributed by atoms with Crippen LogP contribution in [0.3, 0.4) is 0 Å². The Balaban J connectivity index is 2.05. The minimum Gasteiger partial charge on any atom is -0.493 e. The molecule has 2 atom stereocenters. The average Bonchev–Trinajstić information content (AvgIpc) is 2.75. The van der Waals surface area contributed by atoms with Gasteiger partial charge < -0.3 is 28.4 Å². The molecule has 0 saturated heterocycles. The maximum Gasteiger partial charge on any atom is 0.204 e. The molecule has 2 aromatic rings. The number of carbonyl (C=O) groups is 1. The predicted octanol–water partition coefficient (Wildman–Crippen LogP) is 3.83. The predicted molar refractivity (Wildman–Crippen MR) is 108 cm³/mol. The molecule has 0 aliphatic carbocycles. The Hall–Kier alpha value is -3.35. The summed E-state index contributed by atoms with van der Waals surface area (Å²) < 4.78 is 34.2. The van der Waals surface area contributed by atoms with Crippen LogP contribution < -0.4 is 28.4 Å². The third-order valence-corrected chi connectivity index (χ3v) is 4.63. The van der Waals surface area contributed by atoms with Crippen molar-refractivity contribution >= 4 is 12.4 Å². The average molecular weight is 400 g/mol. The van der Waals surface area contributed by atoms with Crippen molar-refractivity contribution in [2.75, 3.05) is 28.4 Å². The van der Waals surface area contributed by atoms with E-state index in [0.717, 1.165) is 11.1 Å². The van der Waals surface area contributed by atoms with Crippen molar-refractivity contribution in [1.82, 2.24) is 0 Å². The number of carbonyl (C=O) groups excluding carboxylic acids is 1. The molecule has 0 unspecified atom stereocenters. The molecule has 7 heteroatoms. The first-order chi connectivity index (χ1) is 14.1. The zero-order chi connectivity index (χ0) is 21.0. The van der Waals surface area contributed by atoms with Crippen LogP contribution in [0.5, 0.6) is 34.5 Å². The first kappa shape index (κ1) is 20.4. The fraction of sp³-hybridized carbons (Fsp3) is 0.318. The number of ether oxygens (including phenoxy) is 6. The second-order valence-electron chi connectivity index (χ2n) is 6.37. The van der Waals surface area contributed by atoms with Gasteiger partial charge in [-0.25, -0.2) is 0 Å². The molecular formula is C22H24O7. The number of benzene rings is 2. The molecule has 1 heterocycles. The van der Waals surface area contributed by atoms with Gasteiger partial charge in [0.05, 0.1) is 28.4 Å². The molecule has 0 amide bonds. The summed E-state index contributed by atoms with van der Waals surface area (Å²) in [7, 11) is 6.24. The number of aldehydes is 1. The third-order valence-electron chi connectivity index (χ3n) is 4.63. The van der Waals surface area contributed by atoms with E-state index in [-0.39, 0.29) is 6.10 Å². The topological polar surface area (TPSA) is 72.5 Å².